The van der Waals surface area contributed by atoms with Gasteiger partial charge in [-0.2, -0.15) is 0 Å². The maximum absolute atomic E-state index is 12.5. The van der Waals surface area contributed by atoms with Gasteiger partial charge < -0.3 is 9.88 Å². The van der Waals surface area contributed by atoms with E-state index in [1.807, 2.05) is 23.4 Å². The molecular formula is C19H27N3O. The van der Waals surface area contributed by atoms with Gasteiger partial charge in [-0.3, -0.25) is 9.69 Å². The summed E-state index contributed by atoms with van der Waals surface area (Å²) in [6.45, 7) is 3.93. The molecule has 0 aromatic carbocycles. The first-order valence-electron chi connectivity index (χ1n) is 9.39. The quantitative estimate of drug-likeness (QED) is 0.912. The average molecular weight is 313 g/mol. The summed E-state index contributed by atoms with van der Waals surface area (Å²) in [6.07, 6.45) is 12.5. The van der Waals surface area contributed by atoms with Crippen molar-refractivity contribution < 1.29 is 4.79 Å². The van der Waals surface area contributed by atoms with E-state index in [9.17, 15) is 4.79 Å². The first-order chi connectivity index (χ1) is 11.2. The van der Waals surface area contributed by atoms with Crippen LogP contribution in [0.2, 0.25) is 0 Å². The van der Waals surface area contributed by atoms with Gasteiger partial charge in [0.15, 0.2) is 0 Å². The number of hydrogen-bond acceptors (Lipinski definition) is 2. The van der Waals surface area contributed by atoms with Crippen molar-refractivity contribution in [2.75, 3.05) is 26.2 Å². The molecule has 1 saturated heterocycles. The van der Waals surface area contributed by atoms with Crippen molar-refractivity contribution in [1.82, 2.24) is 14.8 Å². The molecule has 1 aromatic heterocycles. The van der Waals surface area contributed by atoms with Gasteiger partial charge in [0.1, 0.15) is 0 Å². The first-order valence-corrected chi connectivity index (χ1v) is 9.39. The molecule has 1 aromatic rings. The number of aromatic nitrogens is 1. The Morgan fingerprint density at radius 1 is 1.00 bits per heavy atom. The van der Waals surface area contributed by atoms with Crippen molar-refractivity contribution in [3.8, 4) is 0 Å². The average Bonchev–Trinajstić information content (AvgIpc) is 3.07. The molecule has 4 bridgehead atoms. The molecule has 0 spiro atoms. The largest absolute Gasteiger partial charge is 0.367 e. The lowest BCUT2D eigenvalue weighted by Crippen LogP contribution is -2.64. The van der Waals surface area contributed by atoms with Crippen molar-refractivity contribution in [3.05, 3.63) is 24.0 Å². The summed E-state index contributed by atoms with van der Waals surface area (Å²) in [5.41, 5.74) is 1.30. The minimum absolute atomic E-state index is 0.191. The summed E-state index contributed by atoms with van der Waals surface area (Å²) < 4.78 is 0. The molecule has 6 rings (SSSR count). The predicted molar refractivity (Wildman–Crippen MR) is 89.2 cm³/mol. The third-order valence-electron chi connectivity index (χ3n) is 7.09. The Balaban J connectivity index is 1.27. The van der Waals surface area contributed by atoms with Crippen LogP contribution in [-0.2, 0) is 0 Å². The molecule has 4 aliphatic carbocycles. The van der Waals surface area contributed by atoms with Crippen molar-refractivity contribution >= 4 is 5.91 Å². The number of carbonyl (C=O) groups excluding carboxylic acids is 1. The van der Waals surface area contributed by atoms with Gasteiger partial charge in [0.05, 0.1) is 5.56 Å². The highest BCUT2D eigenvalue weighted by atomic mass is 16.2. The van der Waals surface area contributed by atoms with E-state index in [1.54, 1.807) is 0 Å². The van der Waals surface area contributed by atoms with Gasteiger partial charge in [0.25, 0.3) is 5.91 Å². The molecule has 1 N–H and O–H groups in total. The summed E-state index contributed by atoms with van der Waals surface area (Å²) in [6, 6.07) is 1.88. The zero-order chi connectivity index (χ0) is 15.4. The van der Waals surface area contributed by atoms with Gasteiger partial charge in [-0.05, 0) is 62.3 Å². The fraction of sp³-hybridized carbons (Fsp3) is 0.737. The van der Waals surface area contributed by atoms with Crippen molar-refractivity contribution in [1.29, 1.82) is 0 Å². The highest BCUT2D eigenvalue weighted by Crippen LogP contribution is 2.57. The molecule has 5 fully saturated rings. The van der Waals surface area contributed by atoms with E-state index >= 15 is 0 Å². The Bertz CT molecular complexity index is 550. The molecule has 4 nitrogen and oxygen atoms in total. The van der Waals surface area contributed by atoms with Gasteiger partial charge in [-0.15, -0.1) is 0 Å². The second kappa shape index (κ2) is 5.10. The van der Waals surface area contributed by atoms with Crippen LogP contribution in [0.15, 0.2) is 18.5 Å². The van der Waals surface area contributed by atoms with E-state index in [-0.39, 0.29) is 5.91 Å². The van der Waals surface area contributed by atoms with Crippen LogP contribution in [0, 0.1) is 17.8 Å². The summed E-state index contributed by atoms with van der Waals surface area (Å²) in [7, 11) is 0. The number of hydrogen-bond donors (Lipinski definition) is 1. The zero-order valence-electron chi connectivity index (χ0n) is 13.8. The molecule has 0 unspecified atom stereocenters. The van der Waals surface area contributed by atoms with Crippen LogP contribution in [0.25, 0.3) is 0 Å². The fourth-order valence-corrected chi connectivity index (χ4v) is 6.48. The lowest BCUT2D eigenvalue weighted by molar-refractivity contribution is -0.0987. The molecule has 1 amide bonds. The Morgan fingerprint density at radius 2 is 1.61 bits per heavy atom. The van der Waals surface area contributed by atoms with Crippen LogP contribution >= 0.6 is 0 Å². The van der Waals surface area contributed by atoms with Crippen LogP contribution in [0.1, 0.15) is 48.9 Å². The Labute approximate surface area is 138 Å². The summed E-state index contributed by atoms with van der Waals surface area (Å²) in [4.78, 5) is 20.3. The van der Waals surface area contributed by atoms with E-state index in [4.69, 9.17) is 0 Å². The van der Waals surface area contributed by atoms with Gasteiger partial charge >= 0.3 is 0 Å². The minimum atomic E-state index is 0.191. The standard InChI is InChI=1S/C19H27N3O/c23-18(17-1-2-20-13-17)21-3-5-22(6-4-21)19-10-14-7-15(11-19)9-16(8-14)12-19/h1-2,13-16,20H,3-12H2. The smallest absolute Gasteiger partial charge is 0.255 e. The van der Waals surface area contributed by atoms with E-state index in [1.165, 1.54) is 38.5 Å². The maximum Gasteiger partial charge on any atom is 0.255 e. The van der Waals surface area contributed by atoms with Gasteiger partial charge in [-0.25, -0.2) is 0 Å². The van der Waals surface area contributed by atoms with Crippen LogP contribution in [0.4, 0.5) is 0 Å². The molecule has 4 saturated carbocycles. The molecule has 23 heavy (non-hydrogen) atoms. The van der Waals surface area contributed by atoms with Crippen LogP contribution in [0.5, 0.6) is 0 Å². The van der Waals surface area contributed by atoms with Gasteiger partial charge in [-0.1, -0.05) is 0 Å². The molecule has 0 atom stereocenters. The molecule has 4 heteroatoms. The van der Waals surface area contributed by atoms with Gasteiger partial charge in [0.2, 0.25) is 0 Å². The van der Waals surface area contributed by atoms with Crippen molar-refractivity contribution in [3.63, 3.8) is 0 Å². The molecule has 2 heterocycles. The van der Waals surface area contributed by atoms with E-state index in [0.29, 0.717) is 5.54 Å². The monoisotopic (exact) mass is 313 g/mol. The number of rotatable bonds is 2. The number of H-pyrrole nitrogens is 1. The molecular weight excluding hydrogens is 286 g/mol. The number of aromatic amines is 1. The minimum Gasteiger partial charge on any atom is -0.367 e. The van der Waals surface area contributed by atoms with E-state index < -0.39 is 0 Å². The molecule has 124 valence electrons. The predicted octanol–water partition coefficient (Wildman–Crippen LogP) is 2.74. The Hall–Kier alpha value is -1.29. The highest BCUT2D eigenvalue weighted by molar-refractivity contribution is 5.94. The topological polar surface area (TPSA) is 39.3 Å². The summed E-state index contributed by atoms with van der Waals surface area (Å²) in [5, 5.41) is 0. The van der Waals surface area contributed by atoms with Crippen molar-refractivity contribution in [2.24, 2.45) is 17.8 Å². The van der Waals surface area contributed by atoms with E-state index in [2.05, 4.69) is 9.88 Å². The lowest BCUT2D eigenvalue weighted by atomic mass is 9.52. The lowest BCUT2D eigenvalue weighted by Gasteiger charge is -2.61. The SMILES string of the molecule is O=C(c1cc[nH]c1)N1CCN(C23CC4CC(CC(C4)C2)C3)CC1. The number of nitrogens with one attached hydrogen (secondary N) is 1. The maximum atomic E-state index is 12.5. The summed E-state index contributed by atoms with van der Waals surface area (Å²) in [5.74, 6) is 3.19. The fourth-order valence-electron chi connectivity index (χ4n) is 6.48. The van der Waals surface area contributed by atoms with Crippen molar-refractivity contribution in [2.45, 2.75) is 44.1 Å². The van der Waals surface area contributed by atoms with E-state index in [0.717, 1.165) is 49.5 Å². The molecule has 0 radical (unpaired) electrons. The van der Waals surface area contributed by atoms with Crippen LogP contribution in [0.3, 0.4) is 0 Å². The van der Waals surface area contributed by atoms with Crippen LogP contribution < -0.4 is 0 Å². The third-order valence-corrected chi connectivity index (χ3v) is 7.09. The van der Waals surface area contributed by atoms with Gasteiger partial charge in [0, 0.05) is 44.1 Å². The third kappa shape index (κ3) is 2.25. The number of nitrogens with zero attached hydrogens (tertiary/aromatic N) is 2. The normalized spacial score (nSPS) is 39.8. The second-order valence-corrected chi connectivity index (χ2v) is 8.52. The van der Waals surface area contributed by atoms with Crippen LogP contribution in [-0.4, -0.2) is 52.4 Å². The number of amides is 1. The second-order valence-electron chi connectivity index (χ2n) is 8.52. The molecule has 1 aliphatic heterocycles. The molecule has 5 aliphatic rings. The Morgan fingerprint density at radius 3 is 2.13 bits per heavy atom. The highest BCUT2D eigenvalue weighted by Gasteiger charge is 2.53. The number of carbonyl (C=O) groups is 1. The number of piperazine rings is 1. The first kappa shape index (κ1) is 14.1. The summed E-state index contributed by atoms with van der Waals surface area (Å²) >= 11 is 0. The zero-order valence-corrected chi connectivity index (χ0v) is 13.8. The Kier molecular flexibility index (Phi) is 3.12.